The number of aromatic nitrogens is 1. The number of nitrogens with zero attached hydrogens (tertiary/aromatic N) is 3. The Labute approximate surface area is 157 Å². The average Bonchev–Trinajstić information content (AvgIpc) is 2.97. The molecule has 0 spiro atoms. The number of nitriles is 1. The van der Waals surface area contributed by atoms with Crippen LogP contribution < -0.4 is 10.2 Å². The van der Waals surface area contributed by atoms with Gasteiger partial charge in [0.05, 0.1) is 27.9 Å². The van der Waals surface area contributed by atoms with Crippen molar-refractivity contribution >= 4 is 23.2 Å². The molecule has 0 aliphatic carbocycles. The predicted molar refractivity (Wildman–Crippen MR) is 99.1 cm³/mol. The van der Waals surface area contributed by atoms with Gasteiger partial charge in [0.1, 0.15) is 11.7 Å². The van der Waals surface area contributed by atoms with E-state index in [1.165, 1.54) is 6.20 Å². The minimum Gasteiger partial charge on any atom is -0.381 e. The number of halogens is 1. The summed E-state index contributed by atoms with van der Waals surface area (Å²) in [4.78, 5) is 18.0. The van der Waals surface area contributed by atoms with Crippen LogP contribution in [0.1, 0.15) is 35.0 Å². The molecule has 1 aromatic carbocycles. The summed E-state index contributed by atoms with van der Waals surface area (Å²) in [6.07, 6.45) is 1.97. The Bertz CT molecular complexity index is 878. The molecule has 2 heterocycles. The van der Waals surface area contributed by atoms with Crippen LogP contribution in [0.3, 0.4) is 0 Å². The van der Waals surface area contributed by atoms with E-state index in [9.17, 15) is 9.90 Å². The molecule has 1 aliphatic heterocycles. The van der Waals surface area contributed by atoms with Crippen LogP contribution >= 0.6 is 11.6 Å². The van der Waals surface area contributed by atoms with Gasteiger partial charge in [0.2, 0.25) is 0 Å². The third kappa shape index (κ3) is 3.00. The molecule has 0 saturated carbocycles. The first kappa shape index (κ1) is 18.2. The van der Waals surface area contributed by atoms with Crippen molar-refractivity contribution in [3.8, 4) is 6.07 Å². The number of pyridine rings is 1. The Morgan fingerprint density at radius 3 is 2.81 bits per heavy atom. The lowest BCUT2D eigenvalue weighted by Gasteiger charge is -2.32. The number of hydrogen-bond donors (Lipinski definition) is 2. The normalized spacial score (nSPS) is 22.1. The number of aliphatic hydroxyl groups is 1. The Balaban J connectivity index is 1.87. The van der Waals surface area contributed by atoms with Crippen molar-refractivity contribution in [2.24, 2.45) is 0 Å². The summed E-state index contributed by atoms with van der Waals surface area (Å²) in [5.41, 5.74) is 1.10. The second kappa shape index (κ2) is 6.94. The highest BCUT2D eigenvalue weighted by Gasteiger charge is 2.46. The SMILES string of the molecule is CNC(=O)c1ccc([C@]2(O)CCN(c3ccc(C#N)c(Cl)c3)[C@H]2C)nc1. The lowest BCUT2D eigenvalue weighted by molar-refractivity contribution is 0.0285. The quantitative estimate of drug-likeness (QED) is 0.866. The molecule has 0 unspecified atom stereocenters. The van der Waals surface area contributed by atoms with E-state index in [2.05, 4.69) is 10.3 Å². The standard InChI is InChI=1S/C19H19ClN4O2/c1-12-19(26,17-6-4-14(11-23-17)18(25)22-2)7-8-24(12)15-5-3-13(10-21)16(20)9-15/h3-6,9,11-12,26H,7-8H2,1-2H3,(H,22,25)/t12-,19-/m0/s1. The molecule has 2 atom stereocenters. The number of carbonyl (C=O) groups excluding carboxylic acids is 1. The van der Waals surface area contributed by atoms with E-state index in [0.29, 0.717) is 34.8 Å². The van der Waals surface area contributed by atoms with Crippen molar-refractivity contribution in [1.82, 2.24) is 10.3 Å². The van der Waals surface area contributed by atoms with Gasteiger partial charge in [-0.1, -0.05) is 11.6 Å². The number of carbonyl (C=O) groups is 1. The topological polar surface area (TPSA) is 89.2 Å². The predicted octanol–water partition coefficient (Wildman–Crippen LogP) is 2.45. The van der Waals surface area contributed by atoms with Gasteiger partial charge in [0.25, 0.3) is 5.91 Å². The second-order valence-corrected chi connectivity index (χ2v) is 6.74. The van der Waals surface area contributed by atoms with Crippen molar-refractivity contribution in [2.75, 3.05) is 18.5 Å². The molecular weight excluding hydrogens is 352 g/mol. The number of rotatable bonds is 3. The maximum Gasteiger partial charge on any atom is 0.252 e. The van der Waals surface area contributed by atoms with Crippen molar-refractivity contribution in [2.45, 2.75) is 25.0 Å². The Hall–Kier alpha value is -2.62. The number of nitrogens with one attached hydrogen (secondary N) is 1. The molecule has 2 N–H and O–H groups in total. The summed E-state index contributed by atoms with van der Waals surface area (Å²) in [5.74, 6) is -0.218. The first-order valence-corrected chi connectivity index (χ1v) is 8.66. The number of hydrogen-bond acceptors (Lipinski definition) is 5. The van der Waals surface area contributed by atoms with E-state index in [-0.39, 0.29) is 11.9 Å². The number of benzene rings is 1. The average molecular weight is 371 g/mol. The highest BCUT2D eigenvalue weighted by atomic mass is 35.5. The van der Waals surface area contributed by atoms with Crippen molar-refractivity contribution in [3.63, 3.8) is 0 Å². The summed E-state index contributed by atoms with van der Waals surface area (Å²) in [7, 11) is 1.56. The maximum absolute atomic E-state index is 11.7. The molecule has 1 aromatic heterocycles. The molecule has 0 radical (unpaired) electrons. The fraction of sp³-hybridized carbons (Fsp3) is 0.316. The Morgan fingerprint density at radius 1 is 1.46 bits per heavy atom. The number of anilines is 1. The smallest absolute Gasteiger partial charge is 0.252 e. The fourth-order valence-corrected chi connectivity index (χ4v) is 3.57. The van der Waals surface area contributed by atoms with Gasteiger partial charge in [-0.15, -0.1) is 0 Å². The van der Waals surface area contributed by atoms with Gasteiger partial charge in [-0.25, -0.2) is 0 Å². The zero-order valence-corrected chi connectivity index (χ0v) is 15.3. The Morgan fingerprint density at radius 2 is 2.23 bits per heavy atom. The van der Waals surface area contributed by atoms with E-state index < -0.39 is 5.60 Å². The van der Waals surface area contributed by atoms with Crippen LogP contribution in [0.15, 0.2) is 36.5 Å². The van der Waals surface area contributed by atoms with Gasteiger partial charge in [-0.3, -0.25) is 9.78 Å². The maximum atomic E-state index is 11.7. The van der Waals surface area contributed by atoms with Gasteiger partial charge >= 0.3 is 0 Å². The second-order valence-electron chi connectivity index (χ2n) is 6.33. The zero-order chi connectivity index (χ0) is 18.9. The minimum absolute atomic E-state index is 0.218. The lowest BCUT2D eigenvalue weighted by Crippen LogP contribution is -2.41. The van der Waals surface area contributed by atoms with Crippen molar-refractivity contribution in [1.29, 1.82) is 5.26 Å². The van der Waals surface area contributed by atoms with Crippen LogP contribution in [-0.2, 0) is 5.60 Å². The van der Waals surface area contributed by atoms with Crippen LogP contribution in [0.2, 0.25) is 5.02 Å². The van der Waals surface area contributed by atoms with Crippen molar-refractivity contribution < 1.29 is 9.90 Å². The van der Waals surface area contributed by atoms with E-state index in [4.69, 9.17) is 16.9 Å². The zero-order valence-electron chi connectivity index (χ0n) is 14.5. The molecule has 0 bridgehead atoms. The van der Waals surface area contributed by atoms with Gasteiger partial charge < -0.3 is 15.3 Å². The molecule has 1 saturated heterocycles. The van der Waals surface area contributed by atoms with Gasteiger partial charge in [-0.05, 0) is 37.3 Å². The molecule has 3 rings (SSSR count). The molecule has 7 heteroatoms. The van der Waals surface area contributed by atoms with Gasteiger partial charge in [0, 0.05) is 31.9 Å². The first-order valence-electron chi connectivity index (χ1n) is 8.28. The van der Waals surface area contributed by atoms with Crippen LogP contribution in [0.4, 0.5) is 5.69 Å². The van der Waals surface area contributed by atoms with Crippen molar-refractivity contribution in [3.05, 3.63) is 58.4 Å². The summed E-state index contributed by atoms with van der Waals surface area (Å²) < 4.78 is 0. The highest BCUT2D eigenvalue weighted by Crippen LogP contribution is 2.40. The first-order chi connectivity index (χ1) is 12.4. The third-order valence-electron chi connectivity index (χ3n) is 4.99. The van der Waals surface area contributed by atoms with Gasteiger partial charge in [-0.2, -0.15) is 5.26 Å². The molecule has 1 amide bonds. The molecule has 26 heavy (non-hydrogen) atoms. The van der Waals surface area contributed by atoms with E-state index >= 15 is 0 Å². The molecule has 1 fully saturated rings. The molecule has 6 nitrogen and oxygen atoms in total. The third-order valence-corrected chi connectivity index (χ3v) is 5.31. The highest BCUT2D eigenvalue weighted by molar-refractivity contribution is 6.32. The molecular formula is C19H19ClN4O2. The summed E-state index contributed by atoms with van der Waals surface area (Å²) in [5, 5.41) is 23.2. The molecule has 1 aliphatic rings. The summed E-state index contributed by atoms with van der Waals surface area (Å²) in [6, 6.07) is 10.4. The van der Waals surface area contributed by atoms with Crippen LogP contribution in [0, 0.1) is 11.3 Å². The van der Waals surface area contributed by atoms with Gasteiger partial charge in [0.15, 0.2) is 0 Å². The summed E-state index contributed by atoms with van der Waals surface area (Å²) >= 11 is 6.14. The summed E-state index contributed by atoms with van der Waals surface area (Å²) in [6.45, 7) is 2.55. The molecule has 134 valence electrons. The monoisotopic (exact) mass is 370 g/mol. The minimum atomic E-state index is -1.14. The number of amides is 1. The van der Waals surface area contributed by atoms with E-state index in [1.54, 1.807) is 31.3 Å². The van der Waals surface area contributed by atoms with E-state index in [1.807, 2.05) is 24.0 Å². The Kier molecular flexibility index (Phi) is 4.86. The lowest BCUT2D eigenvalue weighted by atomic mass is 9.91. The van der Waals surface area contributed by atoms with Crippen LogP contribution in [-0.4, -0.2) is 35.6 Å². The van der Waals surface area contributed by atoms with Crippen LogP contribution in [0.25, 0.3) is 0 Å². The van der Waals surface area contributed by atoms with Crippen LogP contribution in [0.5, 0.6) is 0 Å². The molecule has 2 aromatic rings. The fourth-order valence-electron chi connectivity index (χ4n) is 3.35. The van der Waals surface area contributed by atoms with E-state index in [0.717, 1.165) is 5.69 Å². The largest absolute Gasteiger partial charge is 0.381 e.